The van der Waals surface area contributed by atoms with E-state index in [-0.39, 0.29) is 102 Å². The molecule has 15 heteroatoms. The summed E-state index contributed by atoms with van der Waals surface area (Å²) in [7, 11) is -4.01. The SMILES string of the molecule is CCN(C1CCC(C(=O)O)CC1)S(=O)(=O)c1cccc(C(=O)Nc2ccc(OCC3CC3)cc2C(=O)Nc2ccc(CCc3ccc(C(=O)O)cc3)cc2)c1.[H-].[H-].[Na+].[Na+]. The van der Waals surface area contributed by atoms with Crippen LogP contribution >= 0.6 is 0 Å². The van der Waals surface area contributed by atoms with Crippen molar-refractivity contribution >= 4 is 45.2 Å². The van der Waals surface area contributed by atoms with Gasteiger partial charge in [0.15, 0.2) is 0 Å². The van der Waals surface area contributed by atoms with E-state index in [2.05, 4.69) is 10.6 Å². The van der Waals surface area contributed by atoms with Crippen LogP contribution in [0.4, 0.5) is 11.4 Å². The molecule has 0 aliphatic heterocycles. The maximum atomic E-state index is 13.8. The maximum absolute atomic E-state index is 13.8. The Balaban J connectivity index is 0.00000300. The first-order chi connectivity index (χ1) is 26.4. The zero-order valence-electron chi connectivity index (χ0n) is 34.6. The number of anilines is 2. The average Bonchev–Trinajstić information content (AvgIpc) is 4.02. The van der Waals surface area contributed by atoms with Gasteiger partial charge in [-0.1, -0.05) is 37.3 Å². The number of aryl methyl sites for hydroxylation is 2. The first-order valence-electron chi connectivity index (χ1n) is 18.6. The van der Waals surface area contributed by atoms with Gasteiger partial charge in [-0.15, -0.1) is 0 Å². The topological polar surface area (TPSA) is 179 Å². The predicted molar refractivity (Wildman–Crippen MR) is 209 cm³/mol. The van der Waals surface area contributed by atoms with Gasteiger partial charge in [-0.25, -0.2) is 13.2 Å². The number of rotatable bonds is 16. The van der Waals surface area contributed by atoms with Crippen LogP contribution < -0.4 is 74.5 Å². The molecule has 4 aromatic carbocycles. The predicted octanol–water partition coefficient (Wildman–Crippen LogP) is 1.35. The number of amides is 2. The van der Waals surface area contributed by atoms with Crippen molar-refractivity contribution in [1.29, 1.82) is 0 Å². The molecule has 6 rings (SSSR count). The van der Waals surface area contributed by atoms with E-state index in [0.29, 0.717) is 62.5 Å². The normalized spacial score (nSPS) is 16.4. The summed E-state index contributed by atoms with van der Waals surface area (Å²) in [6.45, 7) is 2.46. The second kappa shape index (κ2) is 20.9. The van der Waals surface area contributed by atoms with E-state index in [1.165, 1.54) is 28.6 Å². The first kappa shape index (κ1) is 46.2. The molecular formula is C42H47N3Na2O9S. The van der Waals surface area contributed by atoms with Gasteiger partial charge in [-0.2, -0.15) is 4.31 Å². The number of aromatic carboxylic acids is 1. The molecule has 0 radical (unpaired) electrons. The maximum Gasteiger partial charge on any atom is 1.00 e. The number of nitrogens with zero attached hydrogens (tertiary/aromatic N) is 1. The van der Waals surface area contributed by atoms with E-state index >= 15 is 0 Å². The smallest absolute Gasteiger partial charge is 1.00 e. The number of ether oxygens (including phenoxy) is 1. The van der Waals surface area contributed by atoms with E-state index in [9.17, 15) is 32.7 Å². The van der Waals surface area contributed by atoms with Crippen molar-refractivity contribution in [2.24, 2.45) is 11.8 Å². The Morgan fingerprint density at radius 2 is 1.39 bits per heavy atom. The van der Waals surface area contributed by atoms with E-state index in [1.807, 2.05) is 12.1 Å². The fraction of sp³-hybridized carbons (Fsp3) is 0.333. The van der Waals surface area contributed by atoms with Gasteiger partial charge < -0.3 is 28.4 Å². The number of aliphatic carboxylic acids is 1. The summed E-state index contributed by atoms with van der Waals surface area (Å²) < 4.78 is 35.0. The number of hydrogen-bond acceptors (Lipinski definition) is 7. The summed E-state index contributed by atoms with van der Waals surface area (Å²) in [6, 6.07) is 24.4. The average molecular weight is 816 g/mol. The van der Waals surface area contributed by atoms with E-state index < -0.39 is 39.7 Å². The summed E-state index contributed by atoms with van der Waals surface area (Å²) >= 11 is 0. The molecule has 0 heterocycles. The van der Waals surface area contributed by atoms with E-state index in [1.54, 1.807) is 61.5 Å². The second-order valence-electron chi connectivity index (χ2n) is 14.1. The fourth-order valence-electron chi connectivity index (χ4n) is 6.83. The molecule has 12 nitrogen and oxygen atoms in total. The molecule has 0 spiro atoms. The second-order valence-corrected chi connectivity index (χ2v) is 16.0. The van der Waals surface area contributed by atoms with Crippen LogP contribution in [0.15, 0.2) is 95.9 Å². The number of carboxylic acids is 2. The summed E-state index contributed by atoms with van der Waals surface area (Å²) in [4.78, 5) is 49.9. The molecule has 2 fully saturated rings. The Bertz CT molecular complexity index is 2170. The summed E-state index contributed by atoms with van der Waals surface area (Å²) in [5.41, 5.74) is 3.27. The molecule has 2 amide bonds. The molecule has 292 valence electrons. The summed E-state index contributed by atoms with van der Waals surface area (Å²) in [5, 5.41) is 24.2. The molecular weight excluding hydrogens is 769 g/mol. The zero-order valence-corrected chi connectivity index (χ0v) is 37.4. The zero-order chi connectivity index (χ0) is 39.1. The minimum Gasteiger partial charge on any atom is -1.00 e. The van der Waals surface area contributed by atoms with Crippen molar-refractivity contribution in [3.63, 3.8) is 0 Å². The molecule has 4 aromatic rings. The number of sulfonamides is 1. The van der Waals surface area contributed by atoms with Gasteiger partial charge in [0, 0.05) is 23.8 Å². The Morgan fingerprint density at radius 1 is 0.754 bits per heavy atom. The summed E-state index contributed by atoms with van der Waals surface area (Å²) in [6.07, 6.45) is 5.27. The van der Waals surface area contributed by atoms with Crippen molar-refractivity contribution < 1.29 is 105 Å². The summed E-state index contributed by atoms with van der Waals surface area (Å²) in [5.74, 6) is -2.45. The van der Waals surface area contributed by atoms with Crippen molar-refractivity contribution in [2.45, 2.75) is 69.2 Å². The number of benzene rings is 4. The molecule has 0 bridgehead atoms. The molecule has 4 N–H and O–H groups in total. The van der Waals surface area contributed by atoms with Crippen LogP contribution in [0.2, 0.25) is 0 Å². The van der Waals surface area contributed by atoms with Gasteiger partial charge in [-0.3, -0.25) is 14.4 Å². The molecule has 0 atom stereocenters. The van der Waals surface area contributed by atoms with Gasteiger partial charge in [0.2, 0.25) is 10.0 Å². The van der Waals surface area contributed by atoms with E-state index in [0.717, 1.165) is 24.0 Å². The third-order valence-corrected chi connectivity index (χ3v) is 12.3. The van der Waals surface area contributed by atoms with Gasteiger partial charge in [0.1, 0.15) is 5.75 Å². The van der Waals surface area contributed by atoms with Crippen molar-refractivity contribution in [3.05, 3.63) is 119 Å². The molecule has 2 aliphatic carbocycles. The van der Waals surface area contributed by atoms with E-state index in [4.69, 9.17) is 9.84 Å². The third kappa shape index (κ3) is 12.2. The molecule has 0 aromatic heterocycles. The Hall–Kier alpha value is -3.53. The van der Waals surface area contributed by atoms with Crippen LogP contribution in [0, 0.1) is 11.8 Å². The Morgan fingerprint density at radius 3 is 1.96 bits per heavy atom. The molecule has 0 unspecified atom stereocenters. The number of carbonyl (C=O) groups excluding carboxylic acids is 2. The minimum atomic E-state index is -4.01. The van der Waals surface area contributed by atoms with Gasteiger partial charge >= 0.3 is 71.1 Å². The molecule has 2 aliphatic rings. The van der Waals surface area contributed by atoms with Crippen LogP contribution in [0.1, 0.15) is 90.5 Å². The van der Waals surface area contributed by atoms with Crippen LogP contribution in [-0.2, 0) is 27.7 Å². The number of carbonyl (C=O) groups is 4. The molecule has 2 saturated carbocycles. The van der Waals surface area contributed by atoms with Crippen LogP contribution in [0.5, 0.6) is 5.75 Å². The van der Waals surface area contributed by atoms with Crippen LogP contribution in [0.3, 0.4) is 0 Å². The number of nitrogens with one attached hydrogen (secondary N) is 2. The standard InChI is InChI=1S/C42H45N3O9S.2Na.2H/c1-2-45(34-20-16-31(17-21-34)42(50)51)55(52,53)36-5-3-4-32(24-36)39(46)44-38-23-22-35(54-26-29-8-9-29)25-37(38)40(47)43-33-18-12-28(13-19-33)7-6-27-10-14-30(15-11-27)41(48)49;;;;/h3-5,10-15,18-19,22-25,29,31,34H,2,6-9,16-17,20-21,26H2,1H3,(H,43,47)(H,44,46)(H,48,49)(H,50,51);;;;/q;2*+1;2*-1. The van der Waals surface area contributed by atoms with Crippen LogP contribution in [0.25, 0.3) is 0 Å². The minimum absolute atomic E-state index is 0. The molecule has 57 heavy (non-hydrogen) atoms. The molecule has 0 saturated heterocycles. The third-order valence-electron chi connectivity index (χ3n) is 10.2. The number of carboxylic acid groups (broad SMARTS) is 2. The van der Waals surface area contributed by atoms with Gasteiger partial charge in [-0.05, 0) is 129 Å². The first-order valence-corrected chi connectivity index (χ1v) is 20.0. The Kier molecular flexibility index (Phi) is 17.0. The van der Waals surface area contributed by atoms with Gasteiger partial charge in [0.25, 0.3) is 11.8 Å². The monoisotopic (exact) mass is 815 g/mol. The van der Waals surface area contributed by atoms with Crippen LogP contribution in [-0.4, -0.2) is 65.9 Å². The van der Waals surface area contributed by atoms with Gasteiger partial charge in [0.05, 0.1) is 34.2 Å². The van der Waals surface area contributed by atoms with Crippen molar-refractivity contribution in [3.8, 4) is 5.75 Å². The Labute approximate surface area is 380 Å². The van der Waals surface area contributed by atoms with Crippen molar-refractivity contribution in [1.82, 2.24) is 4.31 Å². The fourth-order valence-corrected chi connectivity index (χ4v) is 8.57. The number of hydrogen-bond donors (Lipinski definition) is 4. The van der Waals surface area contributed by atoms with Crippen molar-refractivity contribution in [2.75, 3.05) is 23.8 Å². The largest absolute Gasteiger partial charge is 1.00 e. The quantitative estimate of drug-likeness (QED) is 0.122.